The Balaban J connectivity index is 1.46. The van der Waals surface area contributed by atoms with Crippen molar-refractivity contribution in [3.05, 3.63) is 160 Å². The Labute approximate surface area is 259 Å². The average molecular weight is 569 g/mol. The van der Waals surface area contributed by atoms with Crippen LogP contribution in [0.5, 0.6) is 0 Å². The highest BCUT2D eigenvalue weighted by Crippen LogP contribution is 2.36. The number of nitrogens with zero attached hydrogens (tertiary/aromatic N) is 2. The minimum atomic E-state index is 0.917. The first-order valence-electron chi connectivity index (χ1n) is 15.4. The van der Waals surface area contributed by atoms with Gasteiger partial charge >= 0.3 is 0 Å². The van der Waals surface area contributed by atoms with Crippen LogP contribution < -0.4 is 10.4 Å². The molecule has 2 heteroatoms. The maximum Gasteiger partial charge on any atom is 0.146 e. The number of imidazole rings is 1. The fourth-order valence-electron chi connectivity index (χ4n) is 7.26. The van der Waals surface area contributed by atoms with Gasteiger partial charge in [-0.3, -0.25) is 4.40 Å². The summed E-state index contributed by atoms with van der Waals surface area (Å²) in [7, 11) is 0. The van der Waals surface area contributed by atoms with Crippen LogP contribution in [0.3, 0.4) is 0 Å². The monoisotopic (exact) mass is 568 g/mol. The van der Waals surface area contributed by atoms with Gasteiger partial charge in [-0.05, 0) is 106 Å². The van der Waals surface area contributed by atoms with Gasteiger partial charge in [-0.1, -0.05) is 111 Å². The molecule has 214 valence electrons. The van der Waals surface area contributed by atoms with Gasteiger partial charge < -0.3 is 0 Å². The van der Waals surface area contributed by atoms with Crippen LogP contribution in [-0.4, -0.2) is 9.38 Å². The number of aromatic nitrogens is 2. The van der Waals surface area contributed by atoms with Crippen molar-refractivity contribution < 1.29 is 0 Å². The number of pyridine rings is 1. The van der Waals surface area contributed by atoms with E-state index in [2.05, 4.69) is 129 Å². The Morgan fingerprint density at radius 1 is 0.909 bits per heavy atom. The van der Waals surface area contributed by atoms with E-state index in [0.29, 0.717) is 0 Å². The zero-order chi connectivity index (χ0) is 30.4. The Morgan fingerprint density at radius 2 is 1.68 bits per heavy atom. The predicted molar refractivity (Wildman–Crippen MR) is 191 cm³/mol. The molecule has 0 aliphatic heterocycles. The van der Waals surface area contributed by atoms with Gasteiger partial charge in [0.05, 0.1) is 16.9 Å². The van der Waals surface area contributed by atoms with Crippen LogP contribution in [-0.2, 0) is 6.42 Å². The van der Waals surface area contributed by atoms with E-state index in [1.54, 1.807) is 0 Å². The molecule has 0 spiro atoms. The zero-order valence-electron chi connectivity index (χ0n) is 25.5. The minimum absolute atomic E-state index is 0.917. The number of fused-ring (bicyclic) bond motifs is 8. The minimum Gasteiger partial charge on any atom is -0.292 e. The second kappa shape index (κ2) is 11.1. The number of hydrogen-bond donors (Lipinski definition) is 0. The normalized spacial score (nSPS) is 15.7. The van der Waals surface area contributed by atoms with E-state index in [1.165, 1.54) is 54.6 Å². The summed E-state index contributed by atoms with van der Waals surface area (Å²) in [5, 5.41) is 6.10. The molecule has 2 heterocycles. The van der Waals surface area contributed by atoms with Gasteiger partial charge in [-0.25, -0.2) is 4.98 Å². The highest BCUT2D eigenvalue weighted by atomic mass is 15.0. The molecule has 5 aromatic rings. The van der Waals surface area contributed by atoms with Crippen LogP contribution in [0.15, 0.2) is 127 Å². The number of benzene rings is 3. The lowest BCUT2D eigenvalue weighted by atomic mass is 9.77. The van der Waals surface area contributed by atoms with Crippen molar-refractivity contribution >= 4 is 56.7 Å². The first kappa shape index (κ1) is 27.6. The smallest absolute Gasteiger partial charge is 0.146 e. The Morgan fingerprint density at radius 3 is 2.45 bits per heavy atom. The Kier molecular flexibility index (Phi) is 6.98. The highest BCUT2D eigenvalue weighted by molar-refractivity contribution is 6.12. The summed E-state index contributed by atoms with van der Waals surface area (Å²) in [6.45, 7) is 16.7. The summed E-state index contributed by atoms with van der Waals surface area (Å²) in [4.78, 5) is 5.24. The van der Waals surface area contributed by atoms with Crippen LogP contribution in [0, 0.1) is 0 Å². The number of hydrogen-bond acceptors (Lipinski definition) is 1. The molecule has 0 unspecified atom stereocenters. The van der Waals surface area contributed by atoms with Gasteiger partial charge in [0.15, 0.2) is 0 Å². The highest BCUT2D eigenvalue weighted by Gasteiger charge is 2.23. The fourth-order valence-corrected chi connectivity index (χ4v) is 7.26. The van der Waals surface area contributed by atoms with Crippen molar-refractivity contribution in [2.75, 3.05) is 0 Å². The molecule has 0 amide bonds. The molecule has 0 saturated carbocycles. The van der Waals surface area contributed by atoms with Crippen LogP contribution in [0.4, 0.5) is 0 Å². The Hall–Kier alpha value is -5.21. The zero-order valence-corrected chi connectivity index (χ0v) is 25.5. The fraction of sp³-hybridized carbons (Fsp3) is 0.119. The molecular formula is C42H36N2. The van der Waals surface area contributed by atoms with Crippen molar-refractivity contribution in [2.24, 2.45) is 0 Å². The Bertz CT molecular complexity index is 2310. The lowest BCUT2D eigenvalue weighted by molar-refractivity contribution is 0.921. The standard InChI is InChI=1S/C42H36N2/c1-6-9-16-29-17-14-21-32-28(5)41-30(26-37(29)32)23-24-31(35(41)15-7-2)27(4)25-38-39(8-3)44-40-22-13-12-19-34(40)33-18-10-11-20-36(33)42(44)43-38/h6-13,15-16,18-25H,1-3,14,17,26H2,4-5H3/b16-9-,27-25+,35-15-. The molecule has 0 atom stereocenters. The van der Waals surface area contributed by atoms with Gasteiger partial charge in [0, 0.05) is 10.8 Å². The van der Waals surface area contributed by atoms with Crippen molar-refractivity contribution in [3.63, 3.8) is 0 Å². The quantitative estimate of drug-likeness (QED) is 0.147. The maximum absolute atomic E-state index is 5.24. The number of para-hydroxylation sites is 1. The SMILES string of the molecule is C=C/C=C\C1=C2Cc3ccc(/C(C)=C/c4nc5c6ccccc6c6ccccc6n5c4C=C)/c(=C/C=C)c3=C(C)C2=CCC1. The van der Waals surface area contributed by atoms with Crippen LogP contribution in [0.1, 0.15) is 49.2 Å². The predicted octanol–water partition coefficient (Wildman–Crippen LogP) is 9.30. The first-order chi connectivity index (χ1) is 21.5. The van der Waals surface area contributed by atoms with Gasteiger partial charge in [0.1, 0.15) is 5.65 Å². The average Bonchev–Trinajstić information content (AvgIpc) is 3.42. The van der Waals surface area contributed by atoms with Gasteiger partial charge in [0.2, 0.25) is 0 Å². The van der Waals surface area contributed by atoms with E-state index in [0.717, 1.165) is 52.8 Å². The molecule has 7 rings (SSSR count). The van der Waals surface area contributed by atoms with Crippen LogP contribution in [0.25, 0.3) is 56.7 Å². The van der Waals surface area contributed by atoms with E-state index in [1.807, 2.05) is 18.2 Å². The second-order valence-corrected chi connectivity index (χ2v) is 11.7. The largest absolute Gasteiger partial charge is 0.292 e. The van der Waals surface area contributed by atoms with E-state index in [9.17, 15) is 0 Å². The third kappa shape index (κ3) is 4.29. The van der Waals surface area contributed by atoms with Crippen molar-refractivity contribution in [1.29, 1.82) is 0 Å². The molecule has 3 aromatic carbocycles. The third-order valence-electron chi connectivity index (χ3n) is 9.19. The van der Waals surface area contributed by atoms with Gasteiger partial charge in [-0.15, -0.1) is 0 Å². The molecule has 44 heavy (non-hydrogen) atoms. The summed E-state index contributed by atoms with van der Waals surface area (Å²) < 4.78 is 2.26. The lowest BCUT2D eigenvalue weighted by Crippen LogP contribution is -2.37. The molecule has 0 saturated heterocycles. The van der Waals surface area contributed by atoms with Crippen LogP contribution in [0.2, 0.25) is 0 Å². The van der Waals surface area contributed by atoms with Crippen molar-refractivity contribution in [2.45, 2.75) is 33.1 Å². The van der Waals surface area contributed by atoms with E-state index >= 15 is 0 Å². The number of allylic oxidation sites excluding steroid dienone is 9. The van der Waals surface area contributed by atoms with Crippen LogP contribution >= 0.6 is 0 Å². The molecule has 2 aromatic heterocycles. The molecule has 0 radical (unpaired) electrons. The molecule has 0 fully saturated rings. The second-order valence-electron chi connectivity index (χ2n) is 11.7. The van der Waals surface area contributed by atoms with Gasteiger partial charge in [-0.2, -0.15) is 0 Å². The van der Waals surface area contributed by atoms with E-state index in [-0.39, 0.29) is 0 Å². The molecule has 2 aliphatic carbocycles. The topological polar surface area (TPSA) is 17.3 Å². The van der Waals surface area contributed by atoms with E-state index < -0.39 is 0 Å². The molecule has 2 aliphatic rings. The van der Waals surface area contributed by atoms with Crippen molar-refractivity contribution in [1.82, 2.24) is 9.38 Å². The summed E-state index contributed by atoms with van der Waals surface area (Å²) in [5.74, 6) is 0. The lowest BCUT2D eigenvalue weighted by Gasteiger charge is -2.27. The molecular weight excluding hydrogens is 532 g/mol. The third-order valence-corrected chi connectivity index (χ3v) is 9.19. The summed E-state index contributed by atoms with van der Waals surface area (Å²) in [5.41, 5.74) is 13.3. The van der Waals surface area contributed by atoms with Crippen molar-refractivity contribution in [3.8, 4) is 0 Å². The summed E-state index contributed by atoms with van der Waals surface area (Å²) >= 11 is 0. The molecule has 2 nitrogen and oxygen atoms in total. The van der Waals surface area contributed by atoms with E-state index in [4.69, 9.17) is 4.98 Å². The number of rotatable bonds is 6. The summed E-state index contributed by atoms with van der Waals surface area (Å²) in [6.07, 6.45) is 19.9. The first-order valence-corrected chi connectivity index (χ1v) is 15.4. The maximum atomic E-state index is 5.24. The molecule has 0 bridgehead atoms. The molecule has 0 N–H and O–H groups in total. The van der Waals surface area contributed by atoms with Gasteiger partial charge in [0.25, 0.3) is 0 Å². The summed E-state index contributed by atoms with van der Waals surface area (Å²) in [6, 6.07) is 21.7.